The van der Waals surface area contributed by atoms with Crippen molar-refractivity contribution in [2.75, 3.05) is 0 Å². The van der Waals surface area contributed by atoms with Gasteiger partial charge in [0.25, 0.3) is 0 Å². The molecule has 0 spiro atoms. The van der Waals surface area contributed by atoms with Gasteiger partial charge in [-0.15, -0.1) is 11.3 Å². The molecule has 0 saturated carbocycles. The molecule has 7 heterocycles. The number of H-pyrrole nitrogens is 3. The van der Waals surface area contributed by atoms with Crippen LogP contribution in [0.3, 0.4) is 0 Å². The standard InChI is InChI=1S/2C16H23N.2C14H19N.C13H18N2.C13H20.C12H19N.C9H15NS/c2*1-15(2,3)12-8-7-11-9-14(16(4,5)6)17-13(11)10-12;2*1-9(2)11-5-6-12-8-13(10(3)4)15-14(12)7-11;1-8(2)10-5-6-11-12(7-10)15-13(14-11)9(3)4;1-10(2)11-6-8-12(9-7-11)13(3,4)5;1-9(2)10-6-7-11(13-8-10)12(3,4)5;1-6(2)8-5-11-9(10-8)7(3)4/h2*7-8,10H,9H2,1-6H3;2*5-10,15H,1-4H3;5-9H,1-4H3,(H,14,15);6-10H,1-5H3;6-9H,1-5H3;5-7H,1-4H3. The minimum Gasteiger partial charge on any atom is -0.358 e. The maximum atomic E-state index is 4.81. The van der Waals surface area contributed by atoms with Gasteiger partial charge in [-0.25, -0.2) is 9.97 Å². The number of aromatic nitrogens is 6. The van der Waals surface area contributed by atoms with Crippen LogP contribution in [-0.4, -0.2) is 41.3 Å². The summed E-state index contributed by atoms with van der Waals surface area (Å²) in [4.78, 5) is 33.5. The molecule has 116 heavy (non-hydrogen) atoms. The number of thiazole rings is 1. The molecule has 0 amide bonds. The molecule has 0 bridgehead atoms. The van der Waals surface area contributed by atoms with Crippen molar-refractivity contribution in [2.24, 2.45) is 20.8 Å². The molecule has 0 atom stereocenters. The fraction of sp³-hybridized carbons (Fsp3) is 0.523. The van der Waals surface area contributed by atoms with E-state index in [1.165, 1.54) is 122 Å². The van der Waals surface area contributed by atoms with E-state index in [-0.39, 0.29) is 32.5 Å². The number of aromatic amines is 3. The lowest BCUT2D eigenvalue weighted by Gasteiger charge is -2.19. The summed E-state index contributed by atoms with van der Waals surface area (Å²) in [6, 6.07) is 51.2. The summed E-state index contributed by atoms with van der Waals surface area (Å²) in [5.74, 6) is 6.79. The van der Waals surface area contributed by atoms with Crippen LogP contribution in [0.15, 0.2) is 161 Å². The van der Waals surface area contributed by atoms with E-state index in [0.29, 0.717) is 59.2 Å². The third-order valence-electron chi connectivity index (χ3n) is 21.8. The molecular weight excluding hydrogens is 1430 g/mol. The van der Waals surface area contributed by atoms with Gasteiger partial charge in [-0.05, 0) is 185 Å². The molecule has 11 aromatic rings. The Morgan fingerprint density at radius 2 is 0.690 bits per heavy atom. The highest BCUT2D eigenvalue weighted by Crippen LogP contribution is 2.39. The van der Waals surface area contributed by atoms with Crippen molar-refractivity contribution in [1.29, 1.82) is 0 Å². The quantitative estimate of drug-likeness (QED) is 0.127. The Labute approximate surface area is 710 Å². The summed E-state index contributed by atoms with van der Waals surface area (Å²) in [5.41, 5.74) is 29.8. The second kappa shape index (κ2) is 40.6. The molecule has 0 radical (unpaired) electrons. The lowest BCUT2D eigenvalue weighted by Crippen LogP contribution is -2.19. The van der Waals surface area contributed by atoms with Crippen molar-refractivity contribution in [2.45, 2.75) is 357 Å². The van der Waals surface area contributed by atoms with E-state index in [1.54, 1.807) is 11.3 Å². The van der Waals surface area contributed by atoms with Gasteiger partial charge in [0.15, 0.2) is 0 Å². The first-order chi connectivity index (χ1) is 53.5. The molecule has 0 unspecified atom stereocenters. The van der Waals surface area contributed by atoms with E-state index < -0.39 is 0 Å². The van der Waals surface area contributed by atoms with Gasteiger partial charge in [-0.3, -0.25) is 15.0 Å². The molecule has 2 aliphatic rings. The Bertz CT molecular complexity index is 4530. The van der Waals surface area contributed by atoms with E-state index in [4.69, 9.17) is 9.98 Å². The molecule has 630 valence electrons. The Morgan fingerprint density at radius 3 is 1.01 bits per heavy atom. The van der Waals surface area contributed by atoms with Crippen molar-refractivity contribution < 1.29 is 0 Å². The largest absolute Gasteiger partial charge is 0.358 e. The number of fused-ring (bicyclic) bond motifs is 5. The fourth-order valence-corrected chi connectivity index (χ4v) is 13.9. The van der Waals surface area contributed by atoms with Crippen molar-refractivity contribution in [3.63, 3.8) is 0 Å². The van der Waals surface area contributed by atoms with Gasteiger partial charge in [0, 0.05) is 92.0 Å². The van der Waals surface area contributed by atoms with Crippen LogP contribution in [0, 0.1) is 10.8 Å². The Hall–Kier alpha value is -8.01. The summed E-state index contributed by atoms with van der Waals surface area (Å²) < 4.78 is 0. The minimum atomic E-state index is 0.162. The fourth-order valence-electron chi connectivity index (χ4n) is 12.9. The molecule has 0 aliphatic carbocycles. The zero-order valence-electron chi connectivity index (χ0n) is 79.8. The van der Waals surface area contributed by atoms with Gasteiger partial charge < -0.3 is 15.0 Å². The molecule has 2 aliphatic heterocycles. The van der Waals surface area contributed by atoms with E-state index in [9.17, 15) is 0 Å². The number of nitrogens with zero attached hydrogens (tertiary/aromatic N) is 5. The third kappa shape index (κ3) is 28.6. The topological polar surface area (TPSA) is 111 Å². The molecule has 6 aromatic carbocycles. The maximum absolute atomic E-state index is 4.81. The maximum Gasteiger partial charge on any atom is 0.109 e. The third-order valence-corrected chi connectivity index (χ3v) is 23.0. The average Bonchev–Trinajstić information content (AvgIpc) is 1.68. The highest BCUT2D eigenvalue weighted by molar-refractivity contribution is 7.09. The van der Waals surface area contributed by atoms with Crippen LogP contribution in [-0.2, 0) is 34.5 Å². The summed E-state index contributed by atoms with van der Waals surface area (Å²) in [5, 5.41) is 6.07. The second-order valence-corrected chi connectivity index (χ2v) is 42.8. The Balaban J connectivity index is 0.000000207. The highest BCUT2D eigenvalue weighted by atomic mass is 32.1. The predicted molar refractivity (Wildman–Crippen MR) is 515 cm³/mol. The van der Waals surface area contributed by atoms with Crippen molar-refractivity contribution in [3.05, 3.63) is 240 Å². The Kier molecular flexibility index (Phi) is 33.9. The monoisotopic (exact) mass is 1590 g/mol. The number of imidazole rings is 1. The van der Waals surface area contributed by atoms with Crippen LogP contribution >= 0.6 is 11.3 Å². The van der Waals surface area contributed by atoms with E-state index in [0.717, 1.165) is 35.4 Å². The van der Waals surface area contributed by atoms with Crippen molar-refractivity contribution >= 4 is 67.0 Å². The number of hydrogen-bond donors (Lipinski definition) is 3. The molecule has 13 rings (SSSR count). The van der Waals surface area contributed by atoms with Crippen LogP contribution in [0.2, 0.25) is 0 Å². The van der Waals surface area contributed by atoms with Crippen molar-refractivity contribution in [3.8, 4) is 0 Å². The Morgan fingerprint density at radius 1 is 0.310 bits per heavy atom. The SMILES string of the molecule is CC(C)(C)C1=Nc2cc(C(C)(C)C)ccc2C1.CC(C)(C)C1=Nc2cc(C(C)(C)C)ccc2C1.CC(C)c1ccc(C(C)(C)C)cc1.CC(C)c1ccc(C(C)(C)C)nc1.CC(C)c1ccc2cc(C(C)C)[nH]c2c1.CC(C)c1ccc2cc(C(C)C)[nH]c2c1.CC(C)c1ccc2nc(C(C)C)[nH]c2c1.CC(C)c1csc(C(C)C)n1. The first-order valence-electron chi connectivity index (χ1n) is 43.7. The van der Waals surface area contributed by atoms with E-state index in [2.05, 4.69) is 438 Å². The lowest BCUT2D eigenvalue weighted by molar-refractivity contribution is 0.567. The van der Waals surface area contributed by atoms with Gasteiger partial charge in [0.2, 0.25) is 0 Å². The summed E-state index contributed by atoms with van der Waals surface area (Å²) in [6.07, 6.45) is 4.03. The molecule has 5 aromatic heterocycles. The summed E-state index contributed by atoms with van der Waals surface area (Å²) >= 11 is 1.77. The number of benzene rings is 6. The summed E-state index contributed by atoms with van der Waals surface area (Å²) in [7, 11) is 0. The zero-order valence-corrected chi connectivity index (χ0v) is 80.6. The molecule has 0 fully saturated rings. The first kappa shape index (κ1) is 96.8. The zero-order chi connectivity index (χ0) is 87.2. The molecule has 3 N–H and O–H groups in total. The average molecular weight is 1590 g/mol. The second-order valence-electron chi connectivity index (χ2n) is 42.0. The van der Waals surface area contributed by atoms with Gasteiger partial charge in [0.05, 0.1) is 33.1 Å². The number of pyridine rings is 1. The minimum absolute atomic E-state index is 0.162. The molecule has 8 nitrogen and oxygen atoms in total. The normalized spacial score (nSPS) is 13.0. The molecule has 0 saturated heterocycles. The van der Waals surface area contributed by atoms with Gasteiger partial charge in [0.1, 0.15) is 5.82 Å². The molecular formula is C107H156N8S. The lowest BCUT2D eigenvalue weighted by atomic mass is 9.85. The van der Waals surface area contributed by atoms with Crippen molar-refractivity contribution in [1.82, 2.24) is 29.9 Å². The van der Waals surface area contributed by atoms with E-state index in [1.807, 2.05) is 6.20 Å². The smallest absolute Gasteiger partial charge is 0.109 e. The number of hydrogen-bond acceptors (Lipinski definition) is 6. The first-order valence-corrected chi connectivity index (χ1v) is 44.6. The molecule has 9 heteroatoms. The highest BCUT2D eigenvalue weighted by Gasteiger charge is 2.29. The van der Waals surface area contributed by atoms with Crippen LogP contribution < -0.4 is 0 Å². The summed E-state index contributed by atoms with van der Waals surface area (Å²) in [6.45, 7) is 84.3. The van der Waals surface area contributed by atoms with E-state index >= 15 is 0 Å². The van der Waals surface area contributed by atoms with Gasteiger partial charge >= 0.3 is 0 Å². The van der Waals surface area contributed by atoms with Crippen LogP contribution in [0.25, 0.3) is 32.8 Å². The van der Waals surface area contributed by atoms with Gasteiger partial charge in [-0.1, -0.05) is 348 Å². The van der Waals surface area contributed by atoms with Gasteiger partial charge in [-0.2, -0.15) is 0 Å². The number of aliphatic imine (C=N–C) groups is 2. The van der Waals surface area contributed by atoms with Crippen LogP contribution in [0.4, 0.5) is 11.4 Å². The predicted octanol–water partition coefficient (Wildman–Crippen LogP) is 33.0. The van der Waals surface area contributed by atoms with Crippen LogP contribution in [0.1, 0.15) is 412 Å². The number of rotatable bonds is 10. The van der Waals surface area contributed by atoms with Crippen LogP contribution in [0.5, 0.6) is 0 Å². The number of nitrogens with one attached hydrogen (secondary N) is 3.